The Balaban J connectivity index is 1.59. The molecule has 0 fully saturated rings. The van der Waals surface area contributed by atoms with E-state index in [1.807, 2.05) is 50.6 Å². The first-order valence-corrected chi connectivity index (χ1v) is 8.11. The lowest BCUT2D eigenvalue weighted by Gasteiger charge is -2.12. The molecular weight excluding hydrogens is 330 g/mol. The minimum Gasteiger partial charge on any atom is -0.348 e. The minimum absolute atomic E-state index is 0.0355. The highest BCUT2D eigenvalue weighted by Gasteiger charge is 2.11. The molecule has 4 aromatic heterocycles. The van der Waals surface area contributed by atoms with Gasteiger partial charge >= 0.3 is 0 Å². The van der Waals surface area contributed by atoms with Gasteiger partial charge in [0.05, 0.1) is 36.0 Å². The van der Waals surface area contributed by atoms with Gasteiger partial charge in [0, 0.05) is 25.0 Å². The van der Waals surface area contributed by atoms with E-state index < -0.39 is 0 Å². The summed E-state index contributed by atoms with van der Waals surface area (Å²) in [6.45, 7) is 2.04. The van der Waals surface area contributed by atoms with Gasteiger partial charge in [-0.25, -0.2) is 19.6 Å². The molecule has 0 unspecified atom stereocenters. The zero-order chi connectivity index (χ0) is 17.9. The van der Waals surface area contributed by atoms with E-state index in [4.69, 9.17) is 0 Å². The Labute approximate surface area is 149 Å². The predicted octanol–water partition coefficient (Wildman–Crippen LogP) is 2.03. The zero-order valence-electron chi connectivity index (χ0n) is 14.4. The van der Waals surface area contributed by atoms with Gasteiger partial charge in [-0.15, -0.1) is 5.10 Å². The topological polar surface area (TPSA) is 99.2 Å². The van der Waals surface area contributed by atoms with E-state index in [2.05, 4.69) is 35.7 Å². The van der Waals surface area contributed by atoms with Crippen LogP contribution in [0.3, 0.4) is 0 Å². The summed E-state index contributed by atoms with van der Waals surface area (Å²) in [6.07, 6.45) is 8.86. The summed E-state index contributed by atoms with van der Waals surface area (Å²) in [7, 11) is 1.89. The molecule has 4 heterocycles. The van der Waals surface area contributed by atoms with Crippen LogP contribution >= 0.6 is 0 Å². The Morgan fingerprint density at radius 1 is 1.08 bits per heavy atom. The lowest BCUT2D eigenvalue weighted by Crippen LogP contribution is -2.09. The van der Waals surface area contributed by atoms with Gasteiger partial charge in [0.15, 0.2) is 5.82 Å². The maximum absolute atomic E-state index is 4.60. The van der Waals surface area contributed by atoms with Crippen molar-refractivity contribution in [3.8, 4) is 17.2 Å². The third-order valence-corrected chi connectivity index (χ3v) is 3.88. The van der Waals surface area contributed by atoms with Crippen LogP contribution in [0.15, 0.2) is 55.2 Å². The summed E-state index contributed by atoms with van der Waals surface area (Å²) in [4.78, 5) is 13.5. The molecule has 0 aliphatic carbocycles. The van der Waals surface area contributed by atoms with Crippen LogP contribution in [0.1, 0.15) is 18.5 Å². The first-order chi connectivity index (χ1) is 12.7. The fourth-order valence-electron chi connectivity index (χ4n) is 2.54. The molecule has 0 spiro atoms. The van der Waals surface area contributed by atoms with Crippen molar-refractivity contribution in [1.29, 1.82) is 0 Å². The minimum atomic E-state index is 0.0355. The first-order valence-electron chi connectivity index (χ1n) is 8.11. The smallest absolute Gasteiger partial charge is 0.223 e. The van der Waals surface area contributed by atoms with Crippen molar-refractivity contribution in [1.82, 2.24) is 39.7 Å². The highest BCUT2D eigenvalue weighted by Crippen LogP contribution is 2.20. The largest absolute Gasteiger partial charge is 0.348 e. The van der Waals surface area contributed by atoms with Crippen LogP contribution in [-0.2, 0) is 7.05 Å². The highest BCUT2D eigenvalue weighted by molar-refractivity contribution is 5.56. The summed E-state index contributed by atoms with van der Waals surface area (Å²) in [5, 5.41) is 15.3. The van der Waals surface area contributed by atoms with Gasteiger partial charge in [0.2, 0.25) is 5.95 Å². The molecule has 1 atom stereocenters. The lowest BCUT2D eigenvalue weighted by atomic mass is 10.2. The second kappa shape index (κ2) is 6.71. The third-order valence-electron chi connectivity index (χ3n) is 3.88. The molecule has 0 amide bonds. The Morgan fingerprint density at radius 3 is 2.73 bits per heavy atom. The van der Waals surface area contributed by atoms with Gasteiger partial charge in [-0.2, -0.15) is 5.10 Å². The number of aromatic nitrogens is 8. The average molecular weight is 347 g/mol. The summed E-state index contributed by atoms with van der Waals surface area (Å²) >= 11 is 0. The summed E-state index contributed by atoms with van der Waals surface area (Å²) in [6, 6.07) is 7.54. The van der Waals surface area contributed by atoms with E-state index in [-0.39, 0.29) is 6.04 Å². The molecule has 0 aromatic carbocycles. The standard InChI is InChI=1S/C17H17N9/c1-12(13-10-20-25(2)11-13)21-17-18-7-6-15(23-17)14-4-3-5-16(22-14)26-9-8-19-24-26/h3-12H,1-2H3,(H,18,21,23)/t12-/m0/s1. The molecule has 0 radical (unpaired) electrons. The molecule has 9 heteroatoms. The molecule has 0 aliphatic rings. The molecule has 9 nitrogen and oxygen atoms in total. The Hall–Kier alpha value is -3.62. The number of hydrogen-bond acceptors (Lipinski definition) is 7. The van der Waals surface area contributed by atoms with Crippen molar-refractivity contribution in [2.75, 3.05) is 5.32 Å². The predicted molar refractivity (Wildman–Crippen MR) is 95.4 cm³/mol. The van der Waals surface area contributed by atoms with Crippen molar-refractivity contribution >= 4 is 5.95 Å². The average Bonchev–Trinajstić information content (AvgIpc) is 3.34. The molecule has 26 heavy (non-hydrogen) atoms. The maximum Gasteiger partial charge on any atom is 0.223 e. The molecule has 0 saturated carbocycles. The van der Waals surface area contributed by atoms with E-state index in [1.165, 1.54) is 0 Å². The van der Waals surface area contributed by atoms with Crippen LogP contribution in [0.5, 0.6) is 0 Å². The van der Waals surface area contributed by atoms with E-state index >= 15 is 0 Å². The van der Waals surface area contributed by atoms with Crippen molar-refractivity contribution in [2.45, 2.75) is 13.0 Å². The highest BCUT2D eigenvalue weighted by atomic mass is 15.4. The molecule has 130 valence electrons. The van der Waals surface area contributed by atoms with E-state index in [0.29, 0.717) is 11.8 Å². The number of hydrogen-bond donors (Lipinski definition) is 1. The van der Waals surface area contributed by atoms with Crippen molar-refractivity contribution in [3.63, 3.8) is 0 Å². The van der Waals surface area contributed by atoms with E-state index in [9.17, 15) is 0 Å². The van der Waals surface area contributed by atoms with Crippen LogP contribution in [-0.4, -0.2) is 39.7 Å². The summed E-state index contributed by atoms with van der Waals surface area (Å²) < 4.78 is 3.37. The molecule has 4 rings (SSSR count). The number of nitrogens with zero attached hydrogens (tertiary/aromatic N) is 8. The summed E-state index contributed by atoms with van der Waals surface area (Å²) in [5.74, 6) is 1.21. The summed E-state index contributed by atoms with van der Waals surface area (Å²) in [5.41, 5.74) is 2.52. The second-order valence-electron chi connectivity index (χ2n) is 5.81. The van der Waals surface area contributed by atoms with Gasteiger partial charge in [-0.1, -0.05) is 11.3 Å². The molecule has 4 aromatic rings. The van der Waals surface area contributed by atoms with Gasteiger partial charge in [-0.3, -0.25) is 4.68 Å². The molecule has 0 bridgehead atoms. The van der Waals surface area contributed by atoms with Gasteiger partial charge in [-0.05, 0) is 25.1 Å². The van der Waals surface area contributed by atoms with Gasteiger partial charge in [0.1, 0.15) is 0 Å². The zero-order valence-corrected chi connectivity index (χ0v) is 14.4. The third kappa shape index (κ3) is 3.27. The number of rotatable bonds is 5. The van der Waals surface area contributed by atoms with Gasteiger partial charge < -0.3 is 5.32 Å². The van der Waals surface area contributed by atoms with Crippen molar-refractivity contribution in [3.05, 3.63) is 60.8 Å². The normalized spacial score (nSPS) is 12.1. The number of nitrogens with one attached hydrogen (secondary N) is 1. The Kier molecular flexibility index (Phi) is 4.10. The monoisotopic (exact) mass is 347 g/mol. The molecule has 0 saturated heterocycles. The van der Waals surface area contributed by atoms with Crippen LogP contribution in [0, 0.1) is 0 Å². The SMILES string of the molecule is C[C@H](Nc1nccc(-c2cccc(-n3ccnn3)n2)n1)c1cnn(C)c1. The number of anilines is 1. The molecule has 1 N–H and O–H groups in total. The van der Waals surface area contributed by atoms with Crippen LogP contribution < -0.4 is 5.32 Å². The Bertz CT molecular complexity index is 1010. The van der Waals surface area contributed by atoms with Crippen LogP contribution in [0.2, 0.25) is 0 Å². The lowest BCUT2D eigenvalue weighted by molar-refractivity contribution is 0.765. The fourth-order valence-corrected chi connectivity index (χ4v) is 2.54. The maximum atomic E-state index is 4.60. The first kappa shape index (κ1) is 15.9. The van der Waals surface area contributed by atoms with Crippen molar-refractivity contribution < 1.29 is 0 Å². The van der Waals surface area contributed by atoms with E-state index in [0.717, 1.165) is 17.0 Å². The quantitative estimate of drug-likeness (QED) is 0.589. The second-order valence-corrected chi connectivity index (χ2v) is 5.81. The van der Waals surface area contributed by atoms with Crippen molar-refractivity contribution in [2.24, 2.45) is 7.05 Å². The molecule has 0 aliphatic heterocycles. The Morgan fingerprint density at radius 2 is 1.96 bits per heavy atom. The van der Waals surface area contributed by atoms with E-state index in [1.54, 1.807) is 28.0 Å². The fraction of sp³-hybridized carbons (Fsp3) is 0.176. The molecular formula is C17H17N9. The van der Waals surface area contributed by atoms with Crippen LogP contribution in [0.4, 0.5) is 5.95 Å². The van der Waals surface area contributed by atoms with Crippen LogP contribution in [0.25, 0.3) is 17.2 Å². The van der Waals surface area contributed by atoms with Gasteiger partial charge in [0.25, 0.3) is 0 Å². The number of aryl methyl sites for hydroxylation is 1. The number of pyridine rings is 1.